The zero-order valence-corrected chi connectivity index (χ0v) is 5.92. The van der Waals surface area contributed by atoms with Gasteiger partial charge in [0.2, 0.25) is 0 Å². The monoisotopic (exact) mass is 138 g/mol. The van der Waals surface area contributed by atoms with Crippen molar-refractivity contribution in [2.45, 2.75) is 13.0 Å². The van der Waals surface area contributed by atoms with Crippen LogP contribution in [0.4, 0.5) is 0 Å². The van der Waals surface area contributed by atoms with Crippen LogP contribution in [0.3, 0.4) is 0 Å². The van der Waals surface area contributed by atoms with E-state index >= 15 is 0 Å². The summed E-state index contributed by atoms with van der Waals surface area (Å²) in [5.74, 6) is 2.52. The largest absolute Gasteiger partial charge is 0.463 e. The van der Waals surface area contributed by atoms with Crippen molar-refractivity contribution in [1.82, 2.24) is 5.32 Å². The van der Waals surface area contributed by atoms with Crippen molar-refractivity contribution in [2.75, 3.05) is 13.2 Å². The smallest absolute Gasteiger partial charge is 0.285 e. The maximum Gasteiger partial charge on any atom is 0.285 e. The van der Waals surface area contributed by atoms with Gasteiger partial charge in [-0.05, 0) is 6.92 Å². The minimum Gasteiger partial charge on any atom is -0.463 e. The third-order valence-corrected chi connectivity index (χ3v) is 1.18. The van der Waals surface area contributed by atoms with Gasteiger partial charge >= 0.3 is 0 Å². The number of terminal acetylenes is 1. The molecule has 1 unspecified atom stereocenters. The van der Waals surface area contributed by atoms with E-state index in [-0.39, 0.29) is 6.04 Å². The van der Waals surface area contributed by atoms with Crippen LogP contribution < -0.4 is 5.32 Å². The van der Waals surface area contributed by atoms with Crippen LogP contribution in [0.1, 0.15) is 6.92 Å². The molecule has 0 amide bonds. The van der Waals surface area contributed by atoms with Gasteiger partial charge in [-0.15, -0.1) is 6.42 Å². The SMILES string of the molecule is C#CC(C)NC1=NCCO1. The Hall–Kier alpha value is -1.17. The highest BCUT2D eigenvalue weighted by atomic mass is 16.5. The summed E-state index contributed by atoms with van der Waals surface area (Å²) in [7, 11) is 0. The van der Waals surface area contributed by atoms with E-state index in [2.05, 4.69) is 16.2 Å². The molecule has 0 aliphatic carbocycles. The fourth-order valence-corrected chi connectivity index (χ4v) is 0.649. The van der Waals surface area contributed by atoms with Crippen LogP contribution in [-0.2, 0) is 4.74 Å². The Labute approximate surface area is 60.5 Å². The molecule has 3 nitrogen and oxygen atoms in total. The van der Waals surface area contributed by atoms with Crippen molar-refractivity contribution in [2.24, 2.45) is 4.99 Å². The summed E-state index contributed by atoms with van der Waals surface area (Å²) < 4.78 is 5.07. The van der Waals surface area contributed by atoms with Crippen molar-refractivity contribution >= 4 is 6.02 Å². The molecule has 0 aromatic carbocycles. The highest BCUT2D eigenvalue weighted by Crippen LogP contribution is 1.91. The van der Waals surface area contributed by atoms with Gasteiger partial charge in [-0.3, -0.25) is 0 Å². The van der Waals surface area contributed by atoms with Crippen LogP contribution in [0.5, 0.6) is 0 Å². The summed E-state index contributed by atoms with van der Waals surface area (Å²) >= 11 is 0. The number of ether oxygens (including phenoxy) is 1. The minimum absolute atomic E-state index is 0.00292. The van der Waals surface area contributed by atoms with E-state index in [1.54, 1.807) is 0 Å². The topological polar surface area (TPSA) is 33.6 Å². The predicted octanol–water partition coefficient (Wildman–Crippen LogP) is -0.0161. The number of rotatable bonds is 1. The van der Waals surface area contributed by atoms with Crippen LogP contribution >= 0.6 is 0 Å². The number of nitrogens with one attached hydrogen (secondary N) is 1. The highest BCUT2D eigenvalue weighted by molar-refractivity contribution is 5.75. The van der Waals surface area contributed by atoms with Gasteiger partial charge in [0.1, 0.15) is 6.61 Å². The maximum absolute atomic E-state index is 5.13. The second-order valence-electron chi connectivity index (χ2n) is 2.07. The second kappa shape index (κ2) is 3.11. The van der Waals surface area contributed by atoms with Crippen molar-refractivity contribution in [3.8, 4) is 12.3 Å². The molecule has 1 aliphatic rings. The zero-order chi connectivity index (χ0) is 7.40. The summed E-state index contributed by atoms with van der Waals surface area (Å²) in [6, 6.07) is 0.572. The number of aliphatic imine (C=N–C) groups is 1. The molecule has 0 fully saturated rings. The standard InChI is InChI=1S/C7H10N2O/c1-3-6(2)9-7-8-4-5-10-7/h1,6H,4-5H2,2H3,(H,8,9). The van der Waals surface area contributed by atoms with Crippen molar-refractivity contribution in [3.63, 3.8) is 0 Å². The fraction of sp³-hybridized carbons (Fsp3) is 0.571. The molecular formula is C7H10N2O. The van der Waals surface area contributed by atoms with E-state index in [1.165, 1.54) is 0 Å². The molecule has 3 heteroatoms. The van der Waals surface area contributed by atoms with E-state index in [1.807, 2.05) is 6.92 Å². The van der Waals surface area contributed by atoms with E-state index in [0.717, 1.165) is 6.54 Å². The van der Waals surface area contributed by atoms with Crippen molar-refractivity contribution < 1.29 is 4.74 Å². The summed E-state index contributed by atoms with van der Waals surface area (Å²) in [5, 5.41) is 2.92. The van der Waals surface area contributed by atoms with Gasteiger partial charge in [-0.1, -0.05) is 5.92 Å². The van der Waals surface area contributed by atoms with Crippen LogP contribution in [0.2, 0.25) is 0 Å². The van der Waals surface area contributed by atoms with Crippen molar-refractivity contribution in [1.29, 1.82) is 0 Å². The van der Waals surface area contributed by atoms with Gasteiger partial charge < -0.3 is 10.1 Å². The van der Waals surface area contributed by atoms with Crippen LogP contribution in [0.15, 0.2) is 4.99 Å². The molecule has 0 saturated heterocycles. The Balaban J connectivity index is 2.32. The van der Waals surface area contributed by atoms with Gasteiger partial charge in [0.25, 0.3) is 6.02 Å². The maximum atomic E-state index is 5.13. The third kappa shape index (κ3) is 1.66. The average Bonchev–Trinajstić information content (AvgIpc) is 2.40. The van der Waals surface area contributed by atoms with Crippen LogP contribution in [0.25, 0.3) is 0 Å². The summed E-state index contributed by atoms with van der Waals surface area (Å²) in [5.41, 5.74) is 0. The van der Waals surface area contributed by atoms with Gasteiger partial charge in [0, 0.05) is 0 Å². The minimum atomic E-state index is -0.00292. The molecule has 0 aromatic rings. The van der Waals surface area contributed by atoms with Crippen molar-refractivity contribution in [3.05, 3.63) is 0 Å². The van der Waals surface area contributed by atoms with Gasteiger partial charge in [-0.25, -0.2) is 4.99 Å². The number of hydrogen-bond donors (Lipinski definition) is 1. The van der Waals surface area contributed by atoms with E-state index < -0.39 is 0 Å². The molecule has 54 valence electrons. The first-order valence-electron chi connectivity index (χ1n) is 3.23. The quantitative estimate of drug-likeness (QED) is 0.517. The molecule has 0 bridgehead atoms. The molecule has 0 aromatic heterocycles. The van der Waals surface area contributed by atoms with E-state index in [9.17, 15) is 0 Å². The number of nitrogens with zero attached hydrogens (tertiary/aromatic N) is 1. The summed E-state index contributed by atoms with van der Waals surface area (Å²) in [6.45, 7) is 3.28. The first-order valence-corrected chi connectivity index (χ1v) is 3.23. The number of amidine groups is 1. The molecule has 0 saturated carbocycles. The predicted molar refractivity (Wildman–Crippen MR) is 39.7 cm³/mol. The lowest BCUT2D eigenvalue weighted by atomic mass is 10.4. The Bertz CT molecular complexity index is 181. The summed E-state index contributed by atoms with van der Waals surface area (Å²) in [4.78, 5) is 4.01. The average molecular weight is 138 g/mol. The van der Waals surface area contributed by atoms with E-state index in [0.29, 0.717) is 12.6 Å². The molecule has 1 rings (SSSR count). The Morgan fingerprint density at radius 3 is 3.20 bits per heavy atom. The molecular weight excluding hydrogens is 128 g/mol. The molecule has 0 spiro atoms. The molecule has 0 radical (unpaired) electrons. The molecule has 1 aliphatic heterocycles. The first kappa shape index (κ1) is 6.94. The Kier molecular flexibility index (Phi) is 2.16. The van der Waals surface area contributed by atoms with Crippen LogP contribution in [-0.4, -0.2) is 25.2 Å². The first-order chi connectivity index (χ1) is 4.83. The Morgan fingerprint density at radius 1 is 1.90 bits per heavy atom. The normalized spacial score (nSPS) is 18.6. The lowest BCUT2D eigenvalue weighted by Crippen LogP contribution is -2.31. The Morgan fingerprint density at radius 2 is 2.70 bits per heavy atom. The fourth-order valence-electron chi connectivity index (χ4n) is 0.649. The lowest BCUT2D eigenvalue weighted by molar-refractivity contribution is 0.330. The van der Waals surface area contributed by atoms with Gasteiger partial charge in [0.05, 0.1) is 12.6 Å². The van der Waals surface area contributed by atoms with Crippen LogP contribution in [0, 0.1) is 12.3 Å². The summed E-state index contributed by atoms with van der Waals surface area (Å²) in [6.07, 6.45) is 5.13. The third-order valence-electron chi connectivity index (χ3n) is 1.18. The number of hydrogen-bond acceptors (Lipinski definition) is 3. The molecule has 10 heavy (non-hydrogen) atoms. The highest BCUT2D eigenvalue weighted by Gasteiger charge is 2.07. The zero-order valence-electron chi connectivity index (χ0n) is 5.92. The lowest BCUT2D eigenvalue weighted by Gasteiger charge is -2.06. The molecule has 1 N–H and O–H groups in total. The molecule has 1 atom stereocenters. The van der Waals surface area contributed by atoms with E-state index in [4.69, 9.17) is 11.2 Å². The van der Waals surface area contributed by atoms with Gasteiger partial charge in [0.15, 0.2) is 0 Å². The molecule has 1 heterocycles. The second-order valence-corrected chi connectivity index (χ2v) is 2.07. The van der Waals surface area contributed by atoms with Gasteiger partial charge in [-0.2, -0.15) is 0 Å².